The van der Waals surface area contributed by atoms with Crippen LogP contribution in [0.1, 0.15) is 29.4 Å². The van der Waals surface area contributed by atoms with Gasteiger partial charge in [0, 0.05) is 11.4 Å². The highest BCUT2D eigenvalue weighted by atomic mass is 35.5. The Morgan fingerprint density at radius 1 is 1.39 bits per heavy atom. The number of carbonyl (C=O) groups is 1. The minimum Gasteiger partial charge on any atom is -0.294 e. The van der Waals surface area contributed by atoms with Crippen molar-refractivity contribution in [1.29, 1.82) is 0 Å². The van der Waals surface area contributed by atoms with Gasteiger partial charge in [-0.3, -0.25) is 4.79 Å². The third-order valence-corrected chi connectivity index (χ3v) is 3.53. The van der Waals surface area contributed by atoms with Gasteiger partial charge in [-0.2, -0.15) is 5.10 Å². The number of rotatable bonds is 1. The fraction of sp³-hybridized carbons (Fsp3) is 0.286. The molecule has 1 atom stereocenters. The molecule has 0 fully saturated rings. The lowest BCUT2D eigenvalue weighted by Gasteiger charge is -2.18. The second kappa shape index (κ2) is 4.25. The van der Waals surface area contributed by atoms with Gasteiger partial charge >= 0.3 is 0 Å². The number of hydrogen-bond donors (Lipinski definition) is 0. The molecule has 0 N–H and O–H groups in total. The van der Waals surface area contributed by atoms with Crippen molar-refractivity contribution >= 4 is 17.4 Å². The minimum atomic E-state index is 0.192. The van der Waals surface area contributed by atoms with Crippen LogP contribution in [0.5, 0.6) is 0 Å². The Bertz CT molecular complexity index is 618. The van der Waals surface area contributed by atoms with Gasteiger partial charge in [-0.15, -0.1) is 0 Å². The predicted octanol–water partition coefficient (Wildman–Crippen LogP) is 3.29. The molecule has 0 saturated heterocycles. The average molecular weight is 261 g/mol. The molecule has 1 heterocycles. The Labute approximate surface area is 110 Å². The molecule has 18 heavy (non-hydrogen) atoms. The van der Waals surface area contributed by atoms with E-state index < -0.39 is 0 Å². The maximum atomic E-state index is 11.9. The van der Waals surface area contributed by atoms with E-state index in [4.69, 9.17) is 11.6 Å². The van der Waals surface area contributed by atoms with Gasteiger partial charge in [-0.1, -0.05) is 24.6 Å². The summed E-state index contributed by atoms with van der Waals surface area (Å²) in [5.74, 6) is 0.566. The first-order valence-electron chi connectivity index (χ1n) is 6.01. The van der Waals surface area contributed by atoms with Gasteiger partial charge in [-0.25, -0.2) is 4.68 Å². The Hall–Kier alpha value is -1.61. The molecular formula is C14H13ClN2O. The molecule has 2 aromatic rings. The maximum absolute atomic E-state index is 11.9. The zero-order valence-corrected chi connectivity index (χ0v) is 10.8. The van der Waals surface area contributed by atoms with E-state index in [0.29, 0.717) is 17.4 Å². The first kappa shape index (κ1) is 11.5. The fourth-order valence-corrected chi connectivity index (χ4v) is 2.65. The Morgan fingerprint density at radius 3 is 3.00 bits per heavy atom. The molecule has 1 unspecified atom stereocenters. The van der Waals surface area contributed by atoms with Crippen LogP contribution in [0, 0.1) is 5.92 Å². The smallest absolute Gasteiger partial charge is 0.166 e. The summed E-state index contributed by atoms with van der Waals surface area (Å²) in [6.07, 6.45) is 3.17. The number of nitrogens with zero attached hydrogens (tertiary/aromatic N) is 2. The summed E-state index contributed by atoms with van der Waals surface area (Å²) >= 11 is 5.99. The van der Waals surface area contributed by atoms with Gasteiger partial charge in [-0.05, 0) is 30.5 Å². The topological polar surface area (TPSA) is 34.9 Å². The zero-order chi connectivity index (χ0) is 12.7. The third-order valence-electron chi connectivity index (χ3n) is 3.30. The second-order valence-electron chi connectivity index (χ2n) is 4.83. The van der Waals surface area contributed by atoms with Crippen LogP contribution in [-0.4, -0.2) is 15.6 Å². The van der Waals surface area contributed by atoms with E-state index in [0.717, 1.165) is 23.4 Å². The summed E-state index contributed by atoms with van der Waals surface area (Å²) in [6, 6.07) is 7.52. The van der Waals surface area contributed by atoms with Crippen molar-refractivity contribution in [1.82, 2.24) is 9.78 Å². The van der Waals surface area contributed by atoms with Crippen LogP contribution in [0.4, 0.5) is 0 Å². The molecule has 1 aromatic carbocycles. The van der Waals surface area contributed by atoms with Crippen LogP contribution in [0.15, 0.2) is 30.5 Å². The first-order valence-corrected chi connectivity index (χ1v) is 6.39. The van der Waals surface area contributed by atoms with Crippen molar-refractivity contribution in [2.75, 3.05) is 0 Å². The van der Waals surface area contributed by atoms with E-state index in [1.807, 2.05) is 28.9 Å². The Balaban J connectivity index is 2.12. The molecule has 0 aliphatic heterocycles. The normalized spacial score (nSPS) is 18.8. The molecule has 0 spiro atoms. The Kier molecular flexibility index (Phi) is 2.71. The summed E-state index contributed by atoms with van der Waals surface area (Å²) in [7, 11) is 0. The molecule has 3 rings (SSSR count). The van der Waals surface area contributed by atoms with Crippen molar-refractivity contribution in [3.05, 3.63) is 46.7 Å². The van der Waals surface area contributed by atoms with Crippen molar-refractivity contribution in [3.8, 4) is 5.69 Å². The van der Waals surface area contributed by atoms with Gasteiger partial charge in [0.05, 0.1) is 23.1 Å². The number of ketones is 1. The molecule has 3 nitrogen and oxygen atoms in total. The molecule has 0 radical (unpaired) electrons. The van der Waals surface area contributed by atoms with Crippen molar-refractivity contribution in [2.24, 2.45) is 5.92 Å². The molecule has 1 aliphatic carbocycles. The minimum absolute atomic E-state index is 0.192. The molecule has 92 valence electrons. The molecule has 0 saturated carbocycles. The molecule has 0 bridgehead atoms. The van der Waals surface area contributed by atoms with Crippen LogP contribution in [-0.2, 0) is 6.42 Å². The van der Waals surface area contributed by atoms with Crippen molar-refractivity contribution in [2.45, 2.75) is 19.8 Å². The number of fused-ring (bicyclic) bond motifs is 1. The molecule has 0 amide bonds. The largest absolute Gasteiger partial charge is 0.294 e. The lowest BCUT2D eigenvalue weighted by Crippen LogP contribution is -2.19. The molecule has 1 aromatic heterocycles. The number of halogens is 1. The highest BCUT2D eigenvalue weighted by Gasteiger charge is 2.26. The predicted molar refractivity (Wildman–Crippen MR) is 70.4 cm³/mol. The summed E-state index contributed by atoms with van der Waals surface area (Å²) in [5.41, 5.74) is 2.67. The van der Waals surface area contributed by atoms with Crippen molar-refractivity contribution in [3.63, 3.8) is 0 Å². The molecule has 1 aliphatic rings. The monoisotopic (exact) mass is 260 g/mol. The van der Waals surface area contributed by atoms with Crippen molar-refractivity contribution < 1.29 is 4.79 Å². The standard InChI is InChI=1S/C14H13ClN2O/c1-9-5-13-12(14(18)6-9)8-16-17(13)11-4-2-3-10(15)7-11/h2-4,7-9H,5-6H2,1H3. The highest BCUT2D eigenvalue weighted by Crippen LogP contribution is 2.27. The summed E-state index contributed by atoms with van der Waals surface area (Å²) < 4.78 is 1.83. The first-order chi connectivity index (χ1) is 8.65. The van der Waals surface area contributed by atoms with E-state index in [-0.39, 0.29) is 5.78 Å². The summed E-state index contributed by atoms with van der Waals surface area (Å²) in [6.45, 7) is 2.09. The van der Waals surface area contributed by atoms with Gasteiger partial charge < -0.3 is 0 Å². The quantitative estimate of drug-likeness (QED) is 0.789. The second-order valence-corrected chi connectivity index (χ2v) is 5.27. The lowest BCUT2D eigenvalue weighted by atomic mass is 9.88. The average Bonchev–Trinajstić information content (AvgIpc) is 2.72. The number of carbonyl (C=O) groups excluding carboxylic acids is 1. The van der Waals surface area contributed by atoms with Crippen LogP contribution < -0.4 is 0 Å². The van der Waals surface area contributed by atoms with Crippen LogP contribution in [0.3, 0.4) is 0 Å². The number of hydrogen-bond acceptors (Lipinski definition) is 2. The van der Waals surface area contributed by atoms with E-state index in [1.54, 1.807) is 6.20 Å². The maximum Gasteiger partial charge on any atom is 0.166 e. The van der Waals surface area contributed by atoms with E-state index >= 15 is 0 Å². The lowest BCUT2D eigenvalue weighted by molar-refractivity contribution is 0.0953. The zero-order valence-electron chi connectivity index (χ0n) is 10.1. The third kappa shape index (κ3) is 1.85. The summed E-state index contributed by atoms with van der Waals surface area (Å²) in [5, 5.41) is 5.00. The van der Waals surface area contributed by atoms with Crippen LogP contribution in [0.25, 0.3) is 5.69 Å². The fourth-order valence-electron chi connectivity index (χ4n) is 2.46. The number of Topliss-reactive ketones (excluding diaryl/α,β-unsaturated/α-hetero) is 1. The van der Waals surface area contributed by atoms with E-state index in [2.05, 4.69) is 12.0 Å². The van der Waals surface area contributed by atoms with Gasteiger partial charge in [0.25, 0.3) is 0 Å². The van der Waals surface area contributed by atoms with Crippen LogP contribution >= 0.6 is 11.6 Å². The van der Waals surface area contributed by atoms with Gasteiger partial charge in [0.2, 0.25) is 0 Å². The SMILES string of the molecule is CC1CC(=O)c2cnn(-c3cccc(Cl)c3)c2C1. The number of aromatic nitrogens is 2. The summed E-state index contributed by atoms with van der Waals surface area (Å²) in [4.78, 5) is 11.9. The van der Waals surface area contributed by atoms with Crippen LogP contribution in [0.2, 0.25) is 5.02 Å². The highest BCUT2D eigenvalue weighted by molar-refractivity contribution is 6.30. The van der Waals surface area contributed by atoms with Gasteiger partial charge in [0.15, 0.2) is 5.78 Å². The van der Waals surface area contributed by atoms with E-state index in [1.165, 1.54) is 0 Å². The Morgan fingerprint density at radius 2 is 2.22 bits per heavy atom. The molecular weight excluding hydrogens is 248 g/mol. The number of benzene rings is 1. The van der Waals surface area contributed by atoms with E-state index in [9.17, 15) is 4.79 Å². The molecule has 4 heteroatoms. The van der Waals surface area contributed by atoms with Gasteiger partial charge in [0.1, 0.15) is 0 Å².